The van der Waals surface area contributed by atoms with E-state index in [4.69, 9.17) is 5.73 Å². The van der Waals surface area contributed by atoms with Crippen molar-refractivity contribution in [3.63, 3.8) is 0 Å². The fourth-order valence-electron chi connectivity index (χ4n) is 1.46. The minimum atomic E-state index is -0.420. The van der Waals surface area contributed by atoms with Gasteiger partial charge in [-0.05, 0) is 12.1 Å². The molecular weight excluding hydrogens is 214 g/mol. The van der Waals surface area contributed by atoms with Crippen LogP contribution in [0.15, 0.2) is 36.5 Å². The molecule has 0 radical (unpaired) electrons. The van der Waals surface area contributed by atoms with Crippen molar-refractivity contribution in [2.75, 3.05) is 0 Å². The van der Waals surface area contributed by atoms with E-state index >= 15 is 0 Å². The summed E-state index contributed by atoms with van der Waals surface area (Å²) in [4.78, 5) is 10.6. The van der Waals surface area contributed by atoms with Crippen LogP contribution in [0.3, 0.4) is 0 Å². The quantitative estimate of drug-likeness (QED) is 0.756. The number of rotatable bonds is 2. The predicted molar refractivity (Wildman–Crippen MR) is 64.7 cm³/mol. The van der Waals surface area contributed by atoms with E-state index in [2.05, 4.69) is 22.0 Å². The van der Waals surface area contributed by atoms with Crippen LogP contribution in [-0.4, -0.2) is 16.1 Å². The Morgan fingerprint density at radius 2 is 2.18 bits per heavy atom. The van der Waals surface area contributed by atoms with Crippen LogP contribution in [0.4, 0.5) is 0 Å². The van der Waals surface area contributed by atoms with Crippen LogP contribution in [0, 0.1) is 11.8 Å². The third kappa shape index (κ3) is 2.73. The fraction of sp³-hybridized carbons (Fsp3) is 0.0769. The van der Waals surface area contributed by atoms with Crippen molar-refractivity contribution >= 4 is 5.91 Å². The first-order valence-electron chi connectivity index (χ1n) is 5.13. The van der Waals surface area contributed by atoms with Crippen molar-refractivity contribution in [2.45, 2.75) is 6.42 Å². The van der Waals surface area contributed by atoms with Gasteiger partial charge in [-0.3, -0.25) is 9.89 Å². The van der Waals surface area contributed by atoms with Gasteiger partial charge in [0.25, 0.3) is 0 Å². The molecule has 0 aliphatic heterocycles. The zero-order valence-corrected chi connectivity index (χ0v) is 9.10. The summed E-state index contributed by atoms with van der Waals surface area (Å²) in [6, 6.07) is 9.53. The second-order valence-corrected chi connectivity index (χ2v) is 3.46. The molecule has 0 aliphatic carbocycles. The van der Waals surface area contributed by atoms with Gasteiger partial charge in [-0.1, -0.05) is 30.0 Å². The maximum Gasteiger partial charge on any atom is 0.229 e. The van der Waals surface area contributed by atoms with Gasteiger partial charge in [0, 0.05) is 17.3 Å². The molecule has 1 amide bonds. The number of aromatic nitrogens is 2. The van der Waals surface area contributed by atoms with Gasteiger partial charge in [-0.15, -0.1) is 0 Å². The van der Waals surface area contributed by atoms with E-state index in [9.17, 15) is 4.79 Å². The lowest BCUT2D eigenvalue weighted by molar-refractivity contribution is -0.117. The van der Waals surface area contributed by atoms with Crippen molar-refractivity contribution in [3.05, 3.63) is 42.1 Å². The van der Waals surface area contributed by atoms with E-state index in [0.717, 1.165) is 16.8 Å². The summed E-state index contributed by atoms with van der Waals surface area (Å²) >= 11 is 0. The number of hydrogen-bond donors (Lipinski definition) is 2. The summed E-state index contributed by atoms with van der Waals surface area (Å²) in [6.45, 7) is 0. The molecule has 1 aromatic heterocycles. The molecule has 2 aromatic rings. The lowest BCUT2D eigenvalue weighted by Gasteiger charge is -2.00. The van der Waals surface area contributed by atoms with Gasteiger partial charge in [0.05, 0.1) is 12.1 Å². The number of primary amides is 1. The smallest absolute Gasteiger partial charge is 0.229 e. The lowest BCUT2D eigenvalue weighted by atomic mass is 10.1. The highest BCUT2D eigenvalue weighted by Gasteiger charge is 2.02. The standard InChI is InChI=1S/C13H11N3O/c14-13(17)7-3-5-10-4-1-2-6-11(10)12-8-9-15-16-12/h1-2,4,6,8-9H,7H2,(H2,14,17)(H,15,16). The average Bonchev–Trinajstić information content (AvgIpc) is 2.82. The molecule has 4 heteroatoms. The summed E-state index contributed by atoms with van der Waals surface area (Å²) < 4.78 is 0. The zero-order valence-electron chi connectivity index (χ0n) is 9.10. The Morgan fingerprint density at radius 1 is 1.35 bits per heavy atom. The SMILES string of the molecule is NC(=O)CC#Cc1ccccc1-c1ccn[nH]1. The number of amides is 1. The number of carbonyl (C=O) groups is 1. The summed E-state index contributed by atoms with van der Waals surface area (Å²) in [5.41, 5.74) is 7.73. The number of benzene rings is 1. The van der Waals surface area contributed by atoms with Crippen molar-refractivity contribution in [1.82, 2.24) is 10.2 Å². The second kappa shape index (κ2) is 4.99. The maximum atomic E-state index is 10.6. The number of nitrogens with two attached hydrogens (primary N) is 1. The third-order valence-corrected chi connectivity index (χ3v) is 2.20. The van der Waals surface area contributed by atoms with Gasteiger partial charge >= 0.3 is 0 Å². The van der Waals surface area contributed by atoms with Crippen molar-refractivity contribution in [3.8, 4) is 23.1 Å². The maximum absolute atomic E-state index is 10.6. The van der Waals surface area contributed by atoms with Crippen molar-refractivity contribution in [1.29, 1.82) is 0 Å². The molecule has 84 valence electrons. The van der Waals surface area contributed by atoms with E-state index in [1.54, 1.807) is 6.20 Å². The number of nitrogens with one attached hydrogen (secondary N) is 1. The van der Waals surface area contributed by atoms with E-state index in [-0.39, 0.29) is 6.42 Å². The lowest BCUT2D eigenvalue weighted by Crippen LogP contribution is -2.08. The van der Waals surface area contributed by atoms with Crippen LogP contribution in [0.2, 0.25) is 0 Å². The Bertz CT molecular complexity index is 576. The molecule has 0 fully saturated rings. The summed E-state index contributed by atoms with van der Waals surface area (Å²) in [5.74, 6) is 5.26. The Labute approximate surface area is 98.8 Å². The van der Waals surface area contributed by atoms with E-state index in [1.165, 1.54) is 0 Å². The molecular formula is C13H11N3O. The average molecular weight is 225 g/mol. The molecule has 2 rings (SSSR count). The predicted octanol–water partition coefficient (Wildman–Crippen LogP) is 1.30. The van der Waals surface area contributed by atoms with Gasteiger partial charge in [0.15, 0.2) is 0 Å². The highest BCUT2D eigenvalue weighted by molar-refractivity contribution is 5.77. The topological polar surface area (TPSA) is 71.8 Å². The molecule has 0 atom stereocenters. The van der Waals surface area contributed by atoms with Crippen molar-refractivity contribution < 1.29 is 4.79 Å². The number of H-pyrrole nitrogens is 1. The van der Waals surface area contributed by atoms with Crippen LogP contribution >= 0.6 is 0 Å². The van der Waals surface area contributed by atoms with Crippen LogP contribution in [-0.2, 0) is 4.79 Å². The second-order valence-electron chi connectivity index (χ2n) is 3.46. The first-order valence-corrected chi connectivity index (χ1v) is 5.13. The number of hydrogen-bond acceptors (Lipinski definition) is 2. The highest BCUT2D eigenvalue weighted by Crippen LogP contribution is 2.20. The molecule has 0 bridgehead atoms. The van der Waals surface area contributed by atoms with Crippen LogP contribution in [0.1, 0.15) is 12.0 Å². The van der Waals surface area contributed by atoms with Gasteiger partial charge in [-0.2, -0.15) is 5.10 Å². The number of aromatic amines is 1. The van der Waals surface area contributed by atoms with E-state index in [0.29, 0.717) is 0 Å². The van der Waals surface area contributed by atoms with Crippen molar-refractivity contribution in [2.24, 2.45) is 5.73 Å². The molecule has 0 saturated heterocycles. The van der Waals surface area contributed by atoms with Gasteiger partial charge in [-0.25, -0.2) is 0 Å². The molecule has 0 unspecified atom stereocenters. The minimum absolute atomic E-state index is 0.0668. The Balaban J connectivity index is 2.34. The number of carbonyl (C=O) groups excluding carboxylic acids is 1. The van der Waals surface area contributed by atoms with E-state index in [1.807, 2.05) is 30.3 Å². The van der Waals surface area contributed by atoms with Crippen LogP contribution in [0.25, 0.3) is 11.3 Å². The highest BCUT2D eigenvalue weighted by atomic mass is 16.1. The summed E-state index contributed by atoms with van der Waals surface area (Å²) in [7, 11) is 0. The molecule has 0 spiro atoms. The monoisotopic (exact) mass is 225 g/mol. The van der Waals surface area contributed by atoms with Gasteiger partial charge in [0.1, 0.15) is 0 Å². The number of nitrogens with zero attached hydrogens (tertiary/aromatic N) is 1. The Kier molecular flexibility index (Phi) is 3.22. The third-order valence-electron chi connectivity index (χ3n) is 2.20. The summed E-state index contributed by atoms with van der Waals surface area (Å²) in [6.07, 6.45) is 1.75. The molecule has 1 heterocycles. The Hall–Kier alpha value is -2.54. The summed E-state index contributed by atoms with van der Waals surface area (Å²) in [5, 5.41) is 6.78. The first-order chi connectivity index (χ1) is 8.27. The van der Waals surface area contributed by atoms with Crippen LogP contribution in [0.5, 0.6) is 0 Å². The van der Waals surface area contributed by atoms with Gasteiger partial charge < -0.3 is 5.73 Å². The van der Waals surface area contributed by atoms with Crippen LogP contribution < -0.4 is 5.73 Å². The Morgan fingerprint density at radius 3 is 2.88 bits per heavy atom. The molecule has 0 aliphatic rings. The largest absolute Gasteiger partial charge is 0.369 e. The zero-order chi connectivity index (χ0) is 12.1. The molecule has 4 nitrogen and oxygen atoms in total. The normalized spacial score (nSPS) is 9.41. The molecule has 17 heavy (non-hydrogen) atoms. The molecule has 0 saturated carbocycles. The van der Waals surface area contributed by atoms with Gasteiger partial charge in [0.2, 0.25) is 5.91 Å². The first kappa shape index (κ1) is 11.0. The van der Waals surface area contributed by atoms with E-state index < -0.39 is 5.91 Å². The molecule has 1 aromatic carbocycles. The minimum Gasteiger partial charge on any atom is -0.369 e. The molecule has 3 N–H and O–H groups in total. The fourth-order valence-corrected chi connectivity index (χ4v) is 1.46.